The van der Waals surface area contributed by atoms with Crippen LogP contribution in [-0.2, 0) is 4.79 Å². The quantitative estimate of drug-likeness (QED) is 0.755. The third-order valence-electron chi connectivity index (χ3n) is 1.58. The molecule has 1 heterocycles. The van der Waals surface area contributed by atoms with E-state index in [-0.39, 0.29) is 11.6 Å². The highest BCUT2D eigenvalue weighted by molar-refractivity contribution is 5.92. The Bertz CT molecular complexity index is 363. The average molecular weight is 194 g/mol. The lowest BCUT2D eigenvalue weighted by Gasteiger charge is -2.02. The molecule has 0 aliphatic heterocycles. The molecule has 14 heavy (non-hydrogen) atoms. The molecule has 0 unspecified atom stereocenters. The summed E-state index contributed by atoms with van der Waals surface area (Å²) >= 11 is 0. The topological polar surface area (TPSA) is 79.3 Å². The summed E-state index contributed by atoms with van der Waals surface area (Å²) in [5.41, 5.74) is 0.364. The van der Waals surface area contributed by atoms with E-state index in [0.29, 0.717) is 12.1 Å². The number of carbonyl (C=O) groups is 2. The Morgan fingerprint density at radius 3 is 2.86 bits per heavy atom. The molecule has 0 atom stereocenters. The summed E-state index contributed by atoms with van der Waals surface area (Å²) in [6.07, 6.45) is 1.69. The van der Waals surface area contributed by atoms with E-state index in [1.54, 1.807) is 13.0 Å². The van der Waals surface area contributed by atoms with Crippen molar-refractivity contribution in [1.29, 1.82) is 0 Å². The number of carboxylic acids is 1. The minimum atomic E-state index is -1.11. The van der Waals surface area contributed by atoms with Crippen molar-refractivity contribution in [2.24, 2.45) is 0 Å². The van der Waals surface area contributed by atoms with Gasteiger partial charge in [0.05, 0.1) is 0 Å². The Labute approximate surface area is 80.8 Å². The Morgan fingerprint density at radius 2 is 2.29 bits per heavy atom. The van der Waals surface area contributed by atoms with Crippen molar-refractivity contribution in [3.05, 3.63) is 24.0 Å². The third kappa shape index (κ3) is 2.55. The van der Waals surface area contributed by atoms with Gasteiger partial charge in [0.1, 0.15) is 5.69 Å². The van der Waals surface area contributed by atoms with Crippen molar-refractivity contribution in [3.63, 3.8) is 0 Å². The molecule has 0 saturated heterocycles. The van der Waals surface area contributed by atoms with E-state index in [0.717, 1.165) is 0 Å². The number of nitrogens with one attached hydrogen (secondary N) is 1. The Kier molecular flexibility index (Phi) is 3.17. The number of pyridine rings is 1. The molecule has 1 rings (SSSR count). The number of rotatable bonds is 3. The number of aromatic nitrogens is 1. The molecule has 1 amide bonds. The number of anilines is 1. The highest BCUT2D eigenvalue weighted by atomic mass is 16.4. The molecule has 0 spiro atoms. The maximum absolute atomic E-state index is 11.0. The molecular weight excluding hydrogens is 184 g/mol. The summed E-state index contributed by atoms with van der Waals surface area (Å²) in [4.78, 5) is 25.1. The van der Waals surface area contributed by atoms with Crippen molar-refractivity contribution >= 4 is 17.6 Å². The molecule has 0 fully saturated rings. The first kappa shape index (κ1) is 10.2. The average Bonchev–Trinajstić information content (AvgIpc) is 2.18. The van der Waals surface area contributed by atoms with Gasteiger partial charge in [-0.05, 0) is 12.1 Å². The lowest BCUT2D eigenvalue weighted by atomic mass is 10.3. The van der Waals surface area contributed by atoms with Gasteiger partial charge in [-0.25, -0.2) is 9.78 Å². The highest BCUT2D eigenvalue weighted by Gasteiger charge is 2.05. The number of hydrogen-bond acceptors (Lipinski definition) is 3. The standard InChI is InChI=1S/C9H10N2O3/c1-2-8(12)11-6-3-4-10-7(5-6)9(13)14/h3-5H,2H2,1H3,(H,13,14)(H,10,11,12). The van der Waals surface area contributed by atoms with Crippen LogP contribution in [0.2, 0.25) is 0 Å². The zero-order valence-electron chi connectivity index (χ0n) is 7.65. The van der Waals surface area contributed by atoms with Crippen molar-refractivity contribution < 1.29 is 14.7 Å². The van der Waals surface area contributed by atoms with Crippen molar-refractivity contribution in [2.45, 2.75) is 13.3 Å². The van der Waals surface area contributed by atoms with Crippen LogP contribution in [-0.4, -0.2) is 22.0 Å². The zero-order chi connectivity index (χ0) is 10.6. The number of aromatic carboxylic acids is 1. The summed E-state index contributed by atoms with van der Waals surface area (Å²) in [6, 6.07) is 2.86. The smallest absolute Gasteiger partial charge is 0.354 e. The summed E-state index contributed by atoms with van der Waals surface area (Å²) in [7, 11) is 0. The van der Waals surface area contributed by atoms with Crippen LogP contribution < -0.4 is 5.32 Å². The molecule has 0 bridgehead atoms. The van der Waals surface area contributed by atoms with Crippen LogP contribution in [0.15, 0.2) is 18.3 Å². The molecular formula is C9H10N2O3. The van der Waals surface area contributed by atoms with Gasteiger partial charge in [-0.1, -0.05) is 6.92 Å². The van der Waals surface area contributed by atoms with Crippen molar-refractivity contribution in [2.75, 3.05) is 5.32 Å². The molecule has 5 heteroatoms. The Balaban J connectivity index is 2.83. The number of hydrogen-bond donors (Lipinski definition) is 2. The molecule has 0 aliphatic carbocycles. The van der Waals surface area contributed by atoms with Crippen LogP contribution in [0.25, 0.3) is 0 Å². The number of amides is 1. The fraction of sp³-hybridized carbons (Fsp3) is 0.222. The lowest BCUT2D eigenvalue weighted by molar-refractivity contribution is -0.115. The van der Waals surface area contributed by atoms with E-state index in [9.17, 15) is 9.59 Å². The number of carboxylic acid groups (broad SMARTS) is 1. The lowest BCUT2D eigenvalue weighted by Crippen LogP contribution is -2.10. The molecule has 1 aromatic rings. The second kappa shape index (κ2) is 4.36. The van der Waals surface area contributed by atoms with Crippen LogP contribution in [0.3, 0.4) is 0 Å². The van der Waals surface area contributed by atoms with Gasteiger partial charge in [-0.2, -0.15) is 0 Å². The third-order valence-corrected chi connectivity index (χ3v) is 1.58. The molecule has 1 aromatic heterocycles. The number of nitrogens with zero attached hydrogens (tertiary/aromatic N) is 1. The SMILES string of the molecule is CCC(=O)Nc1ccnc(C(=O)O)c1. The van der Waals surface area contributed by atoms with Crippen LogP contribution in [0, 0.1) is 0 Å². The van der Waals surface area contributed by atoms with Gasteiger partial charge in [0.25, 0.3) is 0 Å². The minimum absolute atomic E-state index is 0.0843. The van der Waals surface area contributed by atoms with Crippen LogP contribution >= 0.6 is 0 Å². The maximum Gasteiger partial charge on any atom is 0.354 e. The highest BCUT2D eigenvalue weighted by Crippen LogP contribution is 2.08. The van der Waals surface area contributed by atoms with Crippen LogP contribution in [0.5, 0.6) is 0 Å². The Hall–Kier alpha value is -1.91. The fourth-order valence-electron chi connectivity index (χ4n) is 0.875. The van der Waals surface area contributed by atoms with Gasteiger partial charge in [-0.15, -0.1) is 0 Å². The summed E-state index contributed by atoms with van der Waals surface area (Å²) < 4.78 is 0. The molecule has 0 aliphatic rings. The van der Waals surface area contributed by atoms with E-state index >= 15 is 0 Å². The second-order valence-corrected chi connectivity index (χ2v) is 2.64. The predicted octanol–water partition coefficient (Wildman–Crippen LogP) is 1.13. The predicted molar refractivity (Wildman–Crippen MR) is 50.1 cm³/mol. The first-order valence-electron chi connectivity index (χ1n) is 4.12. The van der Waals surface area contributed by atoms with E-state index < -0.39 is 5.97 Å². The van der Waals surface area contributed by atoms with Crippen LogP contribution in [0.4, 0.5) is 5.69 Å². The molecule has 74 valence electrons. The van der Waals surface area contributed by atoms with Crippen LogP contribution in [0.1, 0.15) is 23.8 Å². The first-order chi connectivity index (χ1) is 6.63. The Morgan fingerprint density at radius 1 is 1.57 bits per heavy atom. The fourth-order valence-corrected chi connectivity index (χ4v) is 0.875. The largest absolute Gasteiger partial charge is 0.477 e. The minimum Gasteiger partial charge on any atom is -0.477 e. The molecule has 5 nitrogen and oxygen atoms in total. The first-order valence-corrected chi connectivity index (χ1v) is 4.12. The zero-order valence-corrected chi connectivity index (χ0v) is 7.65. The number of carbonyl (C=O) groups excluding carboxylic acids is 1. The van der Waals surface area contributed by atoms with E-state index in [2.05, 4.69) is 10.3 Å². The summed E-state index contributed by atoms with van der Waals surface area (Å²) in [5, 5.41) is 11.2. The van der Waals surface area contributed by atoms with Gasteiger partial charge >= 0.3 is 5.97 Å². The van der Waals surface area contributed by atoms with Gasteiger partial charge in [-0.3, -0.25) is 4.79 Å². The van der Waals surface area contributed by atoms with E-state index in [4.69, 9.17) is 5.11 Å². The summed E-state index contributed by atoms with van der Waals surface area (Å²) in [6.45, 7) is 1.72. The van der Waals surface area contributed by atoms with Crippen molar-refractivity contribution in [1.82, 2.24) is 4.98 Å². The van der Waals surface area contributed by atoms with Gasteiger partial charge < -0.3 is 10.4 Å². The summed E-state index contributed by atoms with van der Waals surface area (Å²) in [5.74, 6) is -1.27. The van der Waals surface area contributed by atoms with Crippen molar-refractivity contribution in [3.8, 4) is 0 Å². The molecule has 0 aromatic carbocycles. The van der Waals surface area contributed by atoms with E-state index in [1.165, 1.54) is 12.3 Å². The van der Waals surface area contributed by atoms with Gasteiger partial charge in [0.2, 0.25) is 5.91 Å². The van der Waals surface area contributed by atoms with Gasteiger partial charge in [0, 0.05) is 18.3 Å². The van der Waals surface area contributed by atoms with E-state index in [1.807, 2.05) is 0 Å². The second-order valence-electron chi connectivity index (χ2n) is 2.64. The molecule has 0 saturated carbocycles. The monoisotopic (exact) mass is 194 g/mol. The van der Waals surface area contributed by atoms with Gasteiger partial charge in [0.15, 0.2) is 0 Å². The normalized spacial score (nSPS) is 9.50. The maximum atomic E-state index is 11.0. The molecule has 0 radical (unpaired) electrons. The molecule has 2 N–H and O–H groups in total.